The van der Waals surface area contributed by atoms with Crippen LogP contribution in [0.1, 0.15) is 0 Å². The van der Waals surface area contributed by atoms with Crippen LogP contribution in [-0.4, -0.2) is 59.7 Å². The molecule has 0 aromatic carbocycles. The van der Waals surface area contributed by atoms with E-state index in [0.717, 1.165) is 0 Å². The van der Waals surface area contributed by atoms with Gasteiger partial charge in [-0.05, 0) is 6.08 Å². The Morgan fingerprint density at radius 2 is 1.26 bits per heavy atom. The fourth-order valence-corrected chi connectivity index (χ4v) is 2.32. The topological polar surface area (TPSA) is 47.9 Å². The minimum absolute atomic E-state index is 0.0562. The normalized spacial score (nSPS) is 29.7. The lowest BCUT2D eigenvalue weighted by atomic mass is 9.95. The van der Waals surface area contributed by atoms with Crippen LogP contribution >= 0.6 is 0 Å². The molecule has 158 valence electrons. The van der Waals surface area contributed by atoms with Gasteiger partial charge in [-0.3, -0.25) is 4.74 Å². The second-order valence-electron chi connectivity index (χ2n) is 5.47. The Labute approximate surface area is 140 Å². The van der Waals surface area contributed by atoms with E-state index < -0.39 is 54.6 Å². The van der Waals surface area contributed by atoms with Crippen molar-refractivity contribution in [3.8, 4) is 0 Å². The van der Waals surface area contributed by atoms with Crippen molar-refractivity contribution in [2.75, 3.05) is 6.61 Å². The van der Waals surface area contributed by atoms with Crippen LogP contribution in [0, 0.1) is 0 Å². The lowest BCUT2D eigenvalue weighted by Gasteiger charge is -2.37. The fourth-order valence-electron chi connectivity index (χ4n) is 2.32. The quantitative estimate of drug-likeness (QED) is 0.512. The monoisotopic (exact) mass is 430 g/mol. The van der Waals surface area contributed by atoms with Gasteiger partial charge < -0.3 is 14.6 Å². The maximum Gasteiger partial charge on any atom is 0.453 e. The van der Waals surface area contributed by atoms with E-state index in [1.54, 1.807) is 0 Å². The Hall–Kier alpha value is -1.26. The van der Waals surface area contributed by atoms with E-state index in [9.17, 15) is 52.7 Å². The molecule has 1 fully saturated rings. The SMILES string of the molecule is OC([C@H]1C=C[C@]2(COC(C(F)(F)F)(C(F)(F)F)O2)O1)(C(F)(F)F)C(F)(F)F. The van der Waals surface area contributed by atoms with E-state index in [1.807, 2.05) is 0 Å². The predicted octanol–water partition coefficient (Wildman–Crippen LogP) is 3.36. The maximum absolute atomic E-state index is 12.8. The van der Waals surface area contributed by atoms with E-state index in [1.165, 1.54) is 0 Å². The first-order valence-corrected chi connectivity index (χ1v) is 6.43. The largest absolute Gasteiger partial charge is 0.453 e. The first kappa shape index (κ1) is 22.0. The van der Waals surface area contributed by atoms with Crippen molar-refractivity contribution >= 4 is 0 Å². The minimum atomic E-state index is -6.45. The van der Waals surface area contributed by atoms with Crippen LogP contribution in [-0.2, 0) is 14.2 Å². The van der Waals surface area contributed by atoms with Crippen molar-refractivity contribution in [2.45, 2.75) is 48.0 Å². The summed E-state index contributed by atoms with van der Waals surface area (Å²) < 4.78 is 164. The Morgan fingerprint density at radius 1 is 0.815 bits per heavy atom. The Morgan fingerprint density at radius 3 is 1.59 bits per heavy atom. The molecular weight excluding hydrogens is 424 g/mol. The number of hydrogen-bond acceptors (Lipinski definition) is 4. The van der Waals surface area contributed by atoms with Crippen LogP contribution in [0.2, 0.25) is 0 Å². The zero-order valence-electron chi connectivity index (χ0n) is 12.1. The predicted molar refractivity (Wildman–Crippen MR) is 55.7 cm³/mol. The van der Waals surface area contributed by atoms with Crippen LogP contribution in [0.4, 0.5) is 52.7 Å². The van der Waals surface area contributed by atoms with Crippen LogP contribution in [0.25, 0.3) is 0 Å². The molecule has 27 heavy (non-hydrogen) atoms. The van der Waals surface area contributed by atoms with E-state index in [-0.39, 0.29) is 12.2 Å². The molecule has 2 heterocycles. The van der Waals surface area contributed by atoms with Crippen molar-refractivity contribution in [2.24, 2.45) is 0 Å². The molecule has 0 bridgehead atoms. The minimum Gasteiger partial charge on any atom is -0.371 e. The van der Waals surface area contributed by atoms with Crippen molar-refractivity contribution in [3.63, 3.8) is 0 Å². The molecule has 1 N–H and O–H groups in total. The fraction of sp³-hybridized carbons (Fsp3) is 0.818. The van der Waals surface area contributed by atoms with Gasteiger partial charge in [0.05, 0.1) is 0 Å². The average molecular weight is 430 g/mol. The third-order valence-corrected chi connectivity index (χ3v) is 3.67. The molecule has 0 saturated carbocycles. The van der Waals surface area contributed by atoms with Gasteiger partial charge in [0.1, 0.15) is 12.7 Å². The second kappa shape index (κ2) is 5.64. The Kier molecular flexibility index (Phi) is 4.60. The summed E-state index contributed by atoms with van der Waals surface area (Å²) in [5.41, 5.74) is -5.63. The molecule has 1 saturated heterocycles. The molecule has 2 rings (SSSR count). The highest BCUT2D eigenvalue weighted by Gasteiger charge is 2.81. The number of hydrogen-bond donors (Lipinski definition) is 1. The molecule has 0 amide bonds. The van der Waals surface area contributed by atoms with Crippen molar-refractivity contribution in [1.29, 1.82) is 0 Å². The molecule has 0 aromatic rings. The number of rotatable bonds is 1. The Bertz CT molecular complexity index is 587. The summed E-state index contributed by atoms with van der Waals surface area (Å²) in [7, 11) is 0. The summed E-state index contributed by atoms with van der Waals surface area (Å²) in [6.45, 7) is -1.86. The van der Waals surface area contributed by atoms with Crippen LogP contribution in [0.5, 0.6) is 0 Å². The zero-order chi connectivity index (χ0) is 21.3. The van der Waals surface area contributed by atoms with Crippen LogP contribution in [0.3, 0.4) is 0 Å². The first-order valence-electron chi connectivity index (χ1n) is 6.43. The molecule has 2 atom stereocenters. The lowest BCUT2D eigenvalue weighted by molar-refractivity contribution is -0.459. The Balaban J connectivity index is 2.40. The molecule has 0 aromatic heterocycles. The van der Waals surface area contributed by atoms with E-state index in [0.29, 0.717) is 0 Å². The number of aliphatic hydroxyl groups is 1. The summed E-state index contributed by atoms with van der Waals surface area (Å²) >= 11 is 0. The van der Waals surface area contributed by atoms with Gasteiger partial charge in [-0.15, -0.1) is 0 Å². The summed E-state index contributed by atoms with van der Waals surface area (Å²) in [6, 6.07) is 0. The standard InChI is InChI=1S/C11H6F12O4/c12-8(13,14)6(24,9(15,16)17)4-1-2-5(26-4)3-25-7(27-5,10(18,19)20)11(21,22)23/h1-2,4,24H,3H2/t4-,5+/m1/s1. The smallest absolute Gasteiger partial charge is 0.371 e. The van der Waals surface area contributed by atoms with Gasteiger partial charge in [0, 0.05) is 0 Å². The lowest BCUT2D eigenvalue weighted by Crippen LogP contribution is -2.65. The molecule has 2 aliphatic heterocycles. The first-order chi connectivity index (χ1) is 11.7. The van der Waals surface area contributed by atoms with Gasteiger partial charge in [0.15, 0.2) is 0 Å². The van der Waals surface area contributed by atoms with Gasteiger partial charge in [-0.1, -0.05) is 6.08 Å². The summed E-state index contributed by atoms with van der Waals surface area (Å²) in [4.78, 5) is 0. The van der Waals surface area contributed by atoms with Crippen molar-refractivity contribution in [1.82, 2.24) is 0 Å². The highest BCUT2D eigenvalue weighted by atomic mass is 19.4. The van der Waals surface area contributed by atoms with Gasteiger partial charge in [-0.2, -0.15) is 52.7 Å². The number of halogens is 12. The number of alkyl halides is 12. The van der Waals surface area contributed by atoms with Crippen LogP contribution in [0.15, 0.2) is 12.2 Å². The van der Waals surface area contributed by atoms with Gasteiger partial charge in [0.25, 0.3) is 5.60 Å². The highest BCUT2D eigenvalue weighted by molar-refractivity contribution is 5.19. The zero-order valence-corrected chi connectivity index (χ0v) is 12.1. The molecule has 0 unspecified atom stereocenters. The highest BCUT2D eigenvalue weighted by Crippen LogP contribution is 2.56. The summed E-state index contributed by atoms with van der Waals surface area (Å²) in [6.07, 6.45) is -29.2. The maximum atomic E-state index is 12.8. The molecule has 0 aliphatic carbocycles. The summed E-state index contributed by atoms with van der Waals surface area (Å²) in [5.74, 6) is -8.76. The second-order valence-corrected chi connectivity index (χ2v) is 5.47. The van der Waals surface area contributed by atoms with Gasteiger partial charge >= 0.3 is 30.5 Å². The molecule has 0 radical (unpaired) electrons. The van der Waals surface area contributed by atoms with E-state index in [4.69, 9.17) is 5.11 Å². The molecule has 2 aliphatic rings. The van der Waals surface area contributed by atoms with Gasteiger partial charge in [0.2, 0.25) is 5.79 Å². The van der Waals surface area contributed by atoms with Crippen LogP contribution < -0.4 is 0 Å². The van der Waals surface area contributed by atoms with E-state index in [2.05, 4.69) is 14.2 Å². The summed E-state index contributed by atoms with van der Waals surface area (Å²) in [5, 5.41) is 9.11. The average Bonchev–Trinajstić information content (AvgIpc) is 3.00. The van der Waals surface area contributed by atoms with Gasteiger partial charge in [-0.25, -0.2) is 0 Å². The van der Waals surface area contributed by atoms with Crippen molar-refractivity contribution < 1.29 is 72.0 Å². The van der Waals surface area contributed by atoms with E-state index >= 15 is 0 Å². The third-order valence-electron chi connectivity index (χ3n) is 3.67. The molecule has 16 heteroatoms. The third kappa shape index (κ3) is 3.05. The molecular formula is C11H6F12O4. The molecule has 1 spiro atoms. The number of ether oxygens (including phenoxy) is 3. The van der Waals surface area contributed by atoms with Crippen molar-refractivity contribution in [3.05, 3.63) is 12.2 Å². The molecule has 4 nitrogen and oxygen atoms in total.